The van der Waals surface area contributed by atoms with E-state index in [2.05, 4.69) is 10.3 Å². The summed E-state index contributed by atoms with van der Waals surface area (Å²) in [6.07, 6.45) is 2.40. The van der Waals surface area contributed by atoms with Crippen molar-refractivity contribution in [1.29, 1.82) is 0 Å². The van der Waals surface area contributed by atoms with Crippen LogP contribution in [-0.4, -0.2) is 46.3 Å². The lowest BCUT2D eigenvalue weighted by molar-refractivity contribution is 0.0722. The van der Waals surface area contributed by atoms with Crippen LogP contribution in [0.5, 0.6) is 5.75 Å². The van der Waals surface area contributed by atoms with Crippen molar-refractivity contribution in [2.45, 2.75) is 26.0 Å². The molecule has 2 aromatic carbocycles. The van der Waals surface area contributed by atoms with Crippen molar-refractivity contribution in [2.75, 3.05) is 18.5 Å². The number of carbonyl (C=O) groups excluding carboxylic acids is 1. The fraction of sp³-hybridized carbons (Fsp3) is 0.273. The average molecular weight is 379 g/mol. The van der Waals surface area contributed by atoms with Gasteiger partial charge in [0.1, 0.15) is 18.5 Å². The first-order valence-corrected chi connectivity index (χ1v) is 9.31. The summed E-state index contributed by atoms with van der Waals surface area (Å²) >= 11 is 0. The smallest absolute Gasteiger partial charge is 0.322 e. The maximum Gasteiger partial charge on any atom is 0.322 e. The van der Waals surface area contributed by atoms with Crippen molar-refractivity contribution in [3.8, 4) is 5.75 Å². The lowest BCUT2D eigenvalue weighted by atomic mass is 10.1. The predicted molar refractivity (Wildman–Crippen MR) is 111 cm³/mol. The monoisotopic (exact) mass is 379 g/mol. The predicted octanol–water partition coefficient (Wildman–Crippen LogP) is 3.92. The molecule has 0 saturated carbocycles. The van der Waals surface area contributed by atoms with Gasteiger partial charge in [-0.3, -0.25) is 4.98 Å². The van der Waals surface area contributed by atoms with Gasteiger partial charge in [0, 0.05) is 17.6 Å². The highest BCUT2D eigenvalue weighted by molar-refractivity contribution is 5.89. The third kappa shape index (κ3) is 4.98. The third-order valence-electron chi connectivity index (χ3n) is 4.39. The molecule has 2 N–H and O–H groups in total. The van der Waals surface area contributed by atoms with Crippen LogP contribution in [0.3, 0.4) is 0 Å². The Morgan fingerprint density at radius 1 is 1.14 bits per heavy atom. The highest BCUT2D eigenvalue weighted by atomic mass is 16.5. The lowest BCUT2D eigenvalue weighted by Gasteiger charge is -2.29. The van der Waals surface area contributed by atoms with Crippen LogP contribution in [0.4, 0.5) is 10.5 Å². The summed E-state index contributed by atoms with van der Waals surface area (Å²) < 4.78 is 5.84. The van der Waals surface area contributed by atoms with Gasteiger partial charge in [-0.25, -0.2) is 4.79 Å². The molecular weight excluding hydrogens is 354 g/mol. The maximum atomic E-state index is 12.6. The van der Waals surface area contributed by atoms with E-state index in [9.17, 15) is 9.90 Å². The molecule has 1 atom stereocenters. The number of anilines is 1. The van der Waals surface area contributed by atoms with E-state index in [1.165, 1.54) is 0 Å². The van der Waals surface area contributed by atoms with Crippen molar-refractivity contribution in [3.05, 3.63) is 67.0 Å². The number of pyridine rings is 1. The number of hydrogen-bond acceptors (Lipinski definition) is 4. The summed E-state index contributed by atoms with van der Waals surface area (Å²) in [5, 5.41) is 15.3. The molecule has 28 heavy (non-hydrogen) atoms. The molecule has 0 spiro atoms. The molecule has 1 aromatic heterocycles. The molecular formula is C22H25N3O3. The summed E-state index contributed by atoms with van der Waals surface area (Å²) in [6, 6.07) is 16.9. The number of benzene rings is 2. The molecule has 0 aliphatic rings. The van der Waals surface area contributed by atoms with Crippen LogP contribution in [-0.2, 0) is 0 Å². The molecule has 0 saturated heterocycles. The van der Waals surface area contributed by atoms with Gasteiger partial charge in [-0.15, -0.1) is 0 Å². The SMILES string of the molecule is CC(C)N(CC(O)COc1cccc2ccccc12)C(=O)Nc1cccnc1. The van der Waals surface area contributed by atoms with Gasteiger partial charge in [0.25, 0.3) is 0 Å². The van der Waals surface area contributed by atoms with E-state index < -0.39 is 6.10 Å². The number of ether oxygens (including phenoxy) is 1. The number of rotatable bonds is 7. The quantitative estimate of drug-likeness (QED) is 0.653. The van der Waals surface area contributed by atoms with Crippen molar-refractivity contribution in [3.63, 3.8) is 0 Å². The van der Waals surface area contributed by atoms with Crippen molar-refractivity contribution >= 4 is 22.5 Å². The van der Waals surface area contributed by atoms with E-state index in [-0.39, 0.29) is 25.2 Å². The first-order chi connectivity index (χ1) is 13.5. The second-order valence-electron chi connectivity index (χ2n) is 6.86. The molecule has 6 heteroatoms. The number of nitrogens with zero attached hydrogens (tertiary/aromatic N) is 2. The molecule has 0 aliphatic carbocycles. The summed E-state index contributed by atoms with van der Waals surface area (Å²) in [5.41, 5.74) is 0.611. The number of aliphatic hydroxyl groups excluding tert-OH is 1. The van der Waals surface area contributed by atoms with E-state index in [0.717, 1.165) is 10.8 Å². The zero-order valence-electron chi connectivity index (χ0n) is 16.1. The Morgan fingerprint density at radius 2 is 1.93 bits per heavy atom. The van der Waals surface area contributed by atoms with Gasteiger partial charge in [0.05, 0.1) is 18.4 Å². The normalized spacial score (nSPS) is 12.0. The minimum absolute atomic E-state index is 0.0797. The van der Waals surface area contributed by atoms with Gasteiger partial charge in [-0.05, 0) is 37.4 Å². The minimum Gasteiger partial charge on any atom is -0.490 e. The lowest BCUT2D eigenvalue weighted by Crippen LogP contribution is -2.45. The Bertz CT molecular complexity index is 910. The van der Waals surface area contributed by atoms with Crippen LogP contribution in [0.1, 0.15) is 13.8 Å². The molecule has 2 amide bonds. The van der Waals surface area contributed by atoms with E-state index >= 15 is 0 Å². The van der Waals surface area contributed by atoms with Crippen LogP contribution >= 0.6 is 0 Å². The Kier molecular flexibility index (Phi) is 6.45. The molecule has 3 rings (SSSR count). The second kappa shape index (κ2) is 9.19. The number of carbonyl (C=O) groups is 1. The largest absolute Gasteiger partial charge is 0.490 e. The molecule has 3 aromatic rings. The second-order valence-corrected chi connectivity index (χ2v) is 6.86. The molecule has 146 valence electrons. The summed E-state index contributed by atoms with van der Waals surface area (Å²) in [7, 11) is 0. The standard InChI is InChI=1S/C22H25N3O3/c1-16(2)25(22(27)24-18-9-6-12-23-13-18)14-19(26)15-28-21-11-5-8-17-7-3-4-10-20(17)21/h3-13,16,19,26H,14-15H2,1-2H3,(H,24,27). The fourth-order valence-electron chi connectivity index (χ4n) is 2.95. The van der Waals surface area contributed by atoms with Crippen LogP contribution in [0.25, 0.3) is 10.8 Å². The van der Waals surface area contributed by atoms with Crippen LogP contribution in [0.15, 0.2) is 67.0 Å². The summed E-state index contributed by atoms with van der Waals surface area (Å²) in [4.78, 5) is 18.1. The minimum atomic E-state index is -0.819. The fourth-order valence-corrected chi connectivity index (χ4v) is 2.95. The van der Waals surface area contributed by atoms with Crippen molar-refractivity contribution in [2.24, 2.45) is 0 Å². The van der Waals surface area contributed by atoms with Gasteiger partial charge in [0.15, 0.2) is 0 Å². The Hall–Kier alpha value is -3.12. The number of amides is 2. The molecule has 0 fully saturated rings. The summed E-state index contributed by atoms with van der Waals surface area (Å²) in [6.45, 7) is 4.06. The number of nitrogens with one attached hydrogen (secondary N) is 1. The van der Waals surface area contributed by atoms with E-state index in [0.29, 0.717) is 11.4 Å². The average Bonchev–Trinajstić information content (AvgIpc) is 2.70. The molecule has 0 aliphatic heterocycles. The zero-order valence-corrected chi connectivity index (χ0v) is 16.1. The number of urea groups is 1. The molecule has 0 bridgehead atoms. The van der Waals surface area contributed by atoms with Crippen LogP contribution in [0, 0.1) is 0 Å². The molecule has 1 unspecified atom stereocenters. The van der Waals surface area contributed by atoms with Gasteiger partial charge in [-0.1, -0.05) is 36.4 Å². The highest BCUT2D eigenvalue weighted by Gasteiger charge is 2.21. The van der Waals surface area contributed by atoms with Gasteiger partial charge >= 0.3 is 6.03 Å². The maximum absolute atomic E-state index is 12.6. The molecule has 1 heterocycles. The van der Waals surface area contributed by atoms with Crippen molar-refractivity contribution < 1.29 is 14.6 Å². The molecule has 6 nitrogen and oxygen atoms in total. The zero-order chi connectivity index (χ0) is 19.9. The first kappa shape index (κ1) is 19.6. The number of fused-ring (bicyclic) bond motifs is 1. The Balaban J connectivity index is 1.61. The topological polar surface area (TPSA) is 74.7 Å². The van der Waals surface area contributed by atoms with Gasteiger partial charge < -0.3 is 20.1 Å². The van der Waals surface area contributed by atoms with Gasteiger partial charge in [-0.2, -0.15) is 0 Å². The van der Waals surface area contributed by atoms with Crippen LogP contribution < -0.4 is 10.1 Å². The van der Waals surface area contributed by atoms with E-state index in [4.69, 9.17) is 4.74 Å². The Labute approximate surface area is 164 Å². The van der Waals surface area contributed by atoms with Crippen molar-refractivity contribution in [1.82, 2.24) is 9.88 Å². The molecule has 0 radical (unpaired) electrons. The van der Waals surface area contributed by atoms with E-state index in [1.54, 1.807) is 29.4 Å². The Morgan fingerprint density at radius 3 is 2.68 bits per heavy atom. The summed E-state index contributed by atoms with van der Waals surface area (Å²) in [5.74, 6) is 0.716. The highest BCUT2D eigenvalue weighted by Crippen LogP contribution is 2.25. The van der Waals surface area contributed by atoms with Gasteiger partial charge in [0.2, 0.25) is 0 Å². The number of aliphatic hydroxyl groups is 1. The first-order valence-electron chi connectivity index (χ1n) is 9.31. The third-order valence-corrected chi connectivity index (χ3v) is 4.39. The van der Waals surface area contributed by atoms with Crippen LogP contribution in [0.2, 0.25) is 0 Å². The van der Waals surface area contributed by atoms with E-state index in [1.807, 2.05) is 56.3 Å². The number of hydrogen-bond donors (Lipinski definition) is 2. The number of aromatic nitrogens is 1.